The van der Waals surface area contributed by atoms with Gasteiger partial charge in [-0.1, -0.05) is 19.1 Å². The molecule has 7 heteroatoms. The van der Waals surface area contributed by atoms with Crippen LogP contribution in [0.15, 0.2) is 29.3 Å². The Balaban J connectivity index is 0.00000484. The molecule has 5 nitrogen and oxygen atoms in total. The maximum atomic E-state index is 12.8. The highest BCUT2D eigenvalue weighted by molar-refractivity contribution is 14.0. The van der Waals surface area contributed by atoms with E-state index in [0.29, 0.717) is 25.5 Å². The average molecular weight is 436 g/mol. The van der Waals surface area contributed by atoms with Crippen LogP contribution in [0.5, 0.6) is 0 Å². The number of guanidine groups is 1. The van der Waals surface area contributed by atoms with Gasteiger partial charge in [0.2, 0.25) is 5.91 Å². The van der Waals surface area contributed by atoms with E-state index in [0.717, 1.165) is 12.0 Å². The Morgan fingerprint density at radius 3 is 2.48 bits per heavy atom. The summed E-state index contributed by atoms with van der Waals surface area (Å²) >= 11 is 0. The summed E-state index contributed by atoms with van der Waals surface area (Å²) in [7, 11) is 1.67. The van der Waals surface area contributed by atoms with Crippen molar-refractivity contribution >= 4 is 35.8 Å². The molecule has 0 aromatic heterocycles. The summed E-state index contributed by atoms with van der Waals surface area (Å²) in [6.07, 6.45) is 1.31. The number of rotatable bonds is 7. The minimum atomic E-state index is -0.251. The first-order valence-electron chi connectivity index (χ1n) is 7.53. The van der Waals surface area contributed by atoms with Crippen molar-refractivity contribution < 1.29 is 9.18 Å². The molecule has 0 bridgehead atoms. The summed E-state index contributed by atoms with van der Waals surface area (Å²) in [5.41, 5.74) is 0.957. The van der Waals surface area contributed by atoms with Crippen LogP contribution in [0, 0.1) is 5.82 Å². The van der Waals surface area contributed by atoms with Crippen molar-refractivity contribution in [3.63, 3.8) is 0 Å². The number of carbonyl (C=O) groups is 1. The van der Waals surface area contributed by atoms with Gasteiger partial charge in [-0.05, 0) is 31.0 Å². The van der Waals surface area contributed by atoms with Crippen LogP contribution in [0.25, 0.3) is 0 Å². The molecular formula is C16H26FIN4O. The van der Waals surface area contributed by atoms with Gasteiger partial charge in [0.05, 0.1) is 0 Å². The van der Waals surface area contributed by atoms with Crippen LogP contribution in [-0.4, -0.2) is 31.5 Å². The van der Waals surface area contributed by atoms with Crippen molar-refractivity contribution in [1.29, 1.82) is 0 Å². The van der Waals surface area contributed by atoms with Crippen LogP contribution in [0.2, 0.25) is 0 Å². The zero-order chi connectivity index (χ0) is 16.4. The van der Waals surface area contributed by atoms with Crippen LogP contribution >= 0.6 is 24.0 Å². The number of benzene rings is 1. The lowest BCUT2D eigenvalue weighted by Crippen LogP contribution is -2.40. The fourth-order valence-corrected chi connectivity index (χ4v) is 1.75. The van der Waals surface area contributed by atoms with Crippen molar-refractivity contribution in [2.75, 3.05) is 13.6 Å². The Hall–Kier alpha value is -1.38. The molecule has 1 amide bonds. The van der Waals surface area contributed by atoms with Crippen LogP contribution in [0.4, 0.5) is 4.39 Å². The Kier molecular flexibility index (Phi) is 11.4. The van der Waals surface area contributed by atoms with Gasteiger partial charge in [0.15, 0.2) is 5.96 Å². The minimum absolute atomic E-state index is 0. The Morgan fingerprint density at radius 1 is 1.26 bits per heavy atom. The number of hydrogen-bond donors (Lipinski definition) is 3. The minimum Gasteiger partial charge on any atom is -0.356 e. The van der Waals surface area contributed by atoms with Crippen LogP contribution in [0.1, 0.15) is 32.3 Å². The summed E-state index contributed by atoms with van der Waals surface area (Å²) in [6.45, 7) is 5.06. The monoisotopic (exact) mass is 436 g/mol. The van der Waals surface area contributed by atoms with E-state index in [1.54, 1.807) is 19.2 Å². The molecule has 0 heterocycles. The van der Waals surface area contributed by atoms with Gasteiger partial charge in [-0.15, -0.1) is 24.0 Å². The molecular weight excluding hydrogens is 410 g/mol. The van der Waals surface area contributed by atoms with Crippen molar-refractivity contribution in [2.24, 2.45) is 4.99 Å². The lowest BCUT2D eigenvalue weighted by molar-refractivity contribution is -0.121. The summed E-state index contributed by atoms with van der Waals surface area (Å²) < 4.78 is 12.8. The summed E-state index contributed by atoms with van der Waals surface area (Å²) in [5.74, 6) is 0.384. The zero-order valence-electron chi connectivity index (χ0n) is 13.9. The highest BCUT2D eigenvalue weighted by Gasteiger charge is 2.05. The summed E-state index contributed by atoms with van der Waals surface area (Å²) in [5, 5.41) is 9.10. The molecule has 130 valence electrons. The standard InChI is InChI=1S/C16H25FN4O.HI/c1-4-12(2)21-15(22)9-10-19-16(18-3)20-11-13-5-7-14(17)8-6-13;/h5-8,12H,4,9-11H2,1-3H3,(H,21,22)(H2,18,19,20);1H. The molecule has 1 atom stereocenters. The first-order chi connectivity index (χ1) is 10.5. The Bertz CT molecular complexity index is 493. The lowest BCUT2D eigenvalue weighted by Gasteiger charge is -2.13. The molecule has 0 radical (unpaired) electrons. The number of hydrogen-bond acceptors (Lipinski definition) is 2. The van der Waals surface area contributed by atoms with E-state index in [1.807, 2.05) is 13.8 Å². The van der Waals surface area contributed by atoms with Gasteiger partial charge in [0.25, 0.3) is 0 Å². The van der Waals surface area contributed by atoms with Crippen LogP contribution < -0.4 is 16.0 Å². The molecule has 23 heavy (non-hydrogen) atoms. The van der Waals surface area contributed by atoms with Gasteiger partial charge < -0.3 is 16.0 Å². The Morgan fingerprint density at radius 2 is 1.91 bits per heavy atom. The largest absolute Gasteiger partial charge is 0.356 e. The third-order valence-corrected chi connectivity index (χ3v) is 3.26. The SMILES string of the molecule is CCC(C)NC(=O)CCNC(=NC)NCc1ccc(F)cc1.I. The molecule has 1 unspecified atom stereocenters. The van der Waals surface area contributed by atoms with Crippen LogP contribution in [0.3, 0.4) is 0 Å². The maximum absolute atomic E-state index is 12.8. The fourth-order valence-electron chi connectivity index (χ4n) is 1.75. The number of nitrogens with one attached hydrogen (secondary N) is 3. The predicted molar refractivity (Wildman–Crippen MR) is 103 cm³/mol. The van der Waals surface area contributed by atoms with Crippen molar-refractivity contribution in [3.05, 3.63) is 35.6 Å². The molecule has 1 aromatic rings. The molecule has 0 fully saturated rings. The van der Waals surface area contributed by atoms with Gasteiger partial charge >= 0.3 is 0 Å². The van der Waals surface area contributed by atoms with E-state index in [-0.39, 0.29) is 41.7 Å². The van der Waals surface area contributed by atoms with Crippen LogP contribution in [-0.2, 0) is 11.3 Å². The second-order valence-electron chi connectivity index (χ2n) is 5.11. The number of nitrogens with zero attached hydrogens (tertiary/aromatic N) is 1. The first kappa shape index (κ1) is 21.6. The molecule has 1 aromatic carbocycles. The molecule has 0 saturated carbocycles. The van der Waals surface area contributed by atoms with E-state index >= 15 is 0 Å². The van der Waals surface area contributed by atoms with Crippen molar-refractivity contribution in [2.45, 2.75) is 39.3 Å². The van der Waals surface area contributed by atoms with Gasteiger partial charge in [0.1, 0.15) is 5.82 Å². The average Bonchev–Trinajstić information content (AvgIpc) is 2.52. The normalized spacial score (nSPS) is 12.1. The van der Waals surface area contributed by atoms with E-state index in [4.69, 9.17) is 0 Å². The second-order valence-corrected chi connectivity index (χ2v) is 5.11. The smallest absolute Gasteiger partial charge is 0.221 e. The van der Waals surface area contributed by atoms with E-state index in [9.17, 15) is 9.18 Å². The zero-order valence-corrected chi connectivity index (χ0v) is 16.2. The van der Waals surface area contributed by atoms with E-state index in [2.05, 4.69) is 20.9 Å². The van der Waals surface area contributed by atoms with E-state index < -0.39 is 0 Å². The summed E-state index contributed by atoms with van der Waals surface area (Å²) in [6, 6.07) is 6.48. The molecule has 0 saturated heterocycles. The number of carbonyl (C=O) groups excluding carboxylic acids is 1. The van der Waals surface area contributed by atoms with Gasteiger partial charge in [0, 0.05) is 32.6 Å². The van der Waals surface area contributed by atoms with Crippen molar-refractivity contribution in [3.8, 4) is 0 Å². The maximum Gasteiger partial charge on any atom is 0.221 e. The van der Waals surface area contributed by atoms with E-state index in [1.165, 1.54) is 12.1 Å². The third-order valence-electron chi connectivity index (χ3n) is 3.26. The predicted octanol–water partition coefficient (Wildman–Crippen LogP) is 2.41. The Labute approximate surface area is 154 Å². The number of halogens is 2. The molecule has 0 aliphatic heterocycles. The first-order valence-corrected chi connectivity index (χ1v) is 7.53. The fraction of sp³-hybridized carbons (Fsp3) is 0.500. The lowest BCUT2D eigenvalue weighted by atomic mass is 10.2. The quantitative estimate of drug-likeness (QED) is 0.350. The summed E-state index contributed by atoms with van der Waals surface area (Å²) in [4.78, 5) is 15.7. The highest BCUT2D eigenvalue weighted by Crippen LogP contribution is 2.01. The van der Waals surface area contributed by atoms with Crippen molar-refractivity contribution in [1.82, 2.24) is 16.0 Å². The topological polar surface area (TPSA) is 65.5 Å². The van der Waals surface area contributed by atoms with Gasteiger partial charge in [-0.25, -0.2) is 4.39 Å². The number of amides is 1. The van der Waals surface area contributed by atoms with Gasteiger partial charge in [-0.3, -0.25) is 9.79 Å². The highest BCUT2D eigenvalue weighted by atomic mass is 127. The molecule has 0 spiro atoms. The molecule has 1 rings (SSSR count). The third kappa shape index (κ3) is 9.37. The molecule has 0 aliphatic carbocycles. The molecule has 0 aliphatic rings. The number of aliphatic imine (C=N–C) groups is 1. The second kappa shape index (κ2) is 12.1. The molecule has 3 N–H and O–H groups in total. The van der Waals surface area contributed by atoms with Gasteiger partial charge in [-0.2, -0.15) is 0 Å².